The molecule has 3 N–H and O–H groups in total. The van der Waals surface area contributed by atoms with Crippen LogP contribution in [-0.2, 0) is 28.5 Å². The maximum atomic E-state index is 12.0. The Kier molecular flexibility index (Phi) is 17.5. The number of azide groups is 2. The lowest BCUT2D eigenvalue weighted by Gasteiger charge is -2.22. The number of nitrogens with one attached hydrogen (secondary N) is 3. The normalized spacial score (nSPS) is 12.3. The number of hydrogen-bond acceptors (Lipinski definition) is 9. The molecule has 0 aliphatic rings. The first-order valence-corrected chi connectivity index (χ1v) is 10.2. The molecular weight excluding hydrogens is 466 g/mol. The highest BCUT2D eigenvalue weighted by Gasteiger charge is 2.19. The van der Waals surface area contributed by atoms with Crippen molar-refractivity contribution in [3.8, 4) is 11.8 Å². The molecular formula is C19H29N9O7. The van der Waals surface area contributed by atoms with Gasteiger partial charge in [-0.3, -0.25) is 14.9 Å². The molecule has 3 unspecified atom stereocenters. The van der Waals surface area contributed by atoms with E-state index >= 15 is 0 Å². The van der Waals surface area contributed by atoms with Crippen molar-refractivity contribution in [2.75, 3.05) is 46.8 Å². The zero-order chi connectivity index (χ0) is 26.5. The van der Waals surface area contributed by atoms with Gasteiger partial charge in [-0.1, -0.05) is 28.6 Å². The Bertz CT molecular complexity index is 874. The molecule has 35 heavy (non-hydrogen) atoms. The van der Waals surface area contributed by atoms with Gasteiger partial charge in [0.2, 0.25) is 5.91 Å². The zero-order valence-electron chi connectivity index (χ0n) is 19.7. The Morgan fingerprint density at radius 1 is 1.11 bits per heavy atom. The van der Waals surface area contributed by atoms with Gasteiger partial charge in [0.1, 0.15) is 25.7 Å². The Morgan fingerprint density at radius 2 is 1.86 bits per heavy atom. The predicted molar refractivity (Wildman–Crippen MR) is 122 cm³/mol. The molecule has 0 aromatic heterocycles. The summed E-state index contributed by atoms with van der Waals surface area (Å²) in [6.07, 6.45) is -1.69. The van der Waals surface area contributed by atoms with Crippen molar-refractivity contribution in [1.29, 1.82) is 0 Å². The number of nitrogens with zero attached hydrogens (tertiary/aromatic N) is 6. The number of amides is 4. The van der Waals surface area contributed by atoms with Crippen molar-refractivity contribution in [2.45, 2.75) is 32.3 Å². The van der Waals surface area contributed by atoms with Crippen LogP contribution in [-0.4, -0.2) is 83.0 Å². The van der Waals surface area contributed by atoms with Crippen molar-refractivity contribution < 1.29 is 33.3 Å². The van der Waals surface area contributed by atoms with Crippen LogP contribution in [0.25, 0.3) is 20.9 Å². The van der Waals surface area contributed by atoms with Gasteiger partial charge in [-0.05, 0) is 24.9 Å². The molecule has 16 nitrogen and oxygen atoms in total. The van der Waals surface area contributed by atoms with Gasteiger partial charge in [0, 0.05) is 23.5 Å². The molecule has 192 valence electrons. The van der Waals surface area contributed by atoms with E-state index < -0.39 is 36.3 Å². The van der Waals surface area contributed by atoms with Gasteiger partial charge in [-0.2, -0.15) is 0 Å². The lowest BCUT2D eigenvalue weighted by Crippen LogP contribution is -2.46. The maximum absolute atomic E-state index is 12.0. The van der Waals surface area contributed by atoms with E-state index in [0.29, 0.717) is 0 Å². The number of ether oxygens (including phenoxy) is 4. The summed E-state index contributed by atoms with van der Waals surface area (Å²) < 4.78 is 20.6. The van der Waals surface area contributed by atoms with Crippen LogP contribution in [0.15, 0.2) is 22.4 Å². The average molecular weight is 495 g/mol. The summed E-state index contributed by atoms with van der Waals surface area (Å²) in [6.45, 7) is 6.39. The van der Waals surface area contributed by atoms with Gasteiger partial charge in [0.25, 0.3) is 5.91 Å². The Balaban J connectivity index is 4.24. The SMILES string of the molecule is C=C(C#CCNC(=O)COCCOC(C)N=[N+]=[N-])C(=O)NC(=O)NCC(OCN=[N+]=[N-])C(C)OC. The van der Waals surface area contributed by atoms with Gasteiger partial charge in [-0.15, -0.1) is 0 Å². The second kappa shape index (κ2) is 19.6. The lowest BCUT2D eigenvalue weighted by atomic mass is 10.2. The van der Waals surface area contributed by atoms with Crippen LogP contribution in [0, 0.1) is 11.8 Å². The summed E-state index contributed by atoms with van der Waals surface area (Å²) in [6, 6.07) is -0.818. The van der Waals surface area contributed by atoms with E-state index in [0.717, 1.165) is 0 Å². The summed E-state index contributed by atoms with van der Waals surface area (Å²) in [5.74, 6) is 3.68. The van der Waals surface area contributed by atoms with Crippen molar-refractivity contribution in [3.05, 3.63) is 33.0 Å². The Morgan fingerprint density at radius 3 is 2.51 bits per heavy atom. The summed E-state index contributed by atoms with van der Waals surface area (Å²) in [5.41, 5.74) is 16.3. The number of urea groups is 1. The van der Waals surface area contributed by atoms with Gasteiger partial charge in [-0.25, -0.2) is 4.79 Å². The van der Waals surface area contributed by atoms with E-state index in [2.05, 4.69) is 49.1 Å². The number of rotatable bonds is 16. The van der Waals surface area contributed by atoms with Crippen molar-refractivity contribution >= 4 is 17.8 Å². The smallest absolute Gasteiger partial charge is 0.321 e. The van der Waals surface area contributed by atoms with Gasteiger partial charge in [0.15, 0.2) is 0 Å². The van der Waals surface area contributed by atoms with Crippen LogP contribution in [0.2, 0.25) is 0 Å². The third-order valence-electron chi connectivity index (χ3n) is 3.92. The highest BCUT2D eigenvalue weighted by Crippen LogP contribution is 2.02. The van der Waals surface area contributed by atoms with Crippen LogP contribution < -0.4 is 16.0 Å². The molecule has 3 atom stereocenters. The summed E-state index contributed by atoms with van der Waals surface area (Å²) in [7, 11) is 1.45. The minimum absolute atomic E-state index is 0.0275. The monoisotopic (exact) mass is 495 g/mol. The molecule has 0 rings (SSSR count). The molecule has 0 saturated carbocycles. The minimum Gasteiger partial charge on any atom is -0.379 e. The topological polar surface area (TPSA) is 222 Å². The van der Waals surface area contributed by atoms with Crippen LogP contribution in [0.1, 0.15) is 13.8 Å². The zero-order valence-corrected chi connectivity index (χ0v) is 19.7. The molecule has 0 aliphatic carbocycles. The van der Waals surface area contributed by atoms with Gasteiger partial charge < -0.3 is 29.6 Å². The second-order valence-corrected chi connectivity index (χ2v) is 6.45. The van der Waals surface area contributed by atoms with E-state index in [4.69, 9.17) is 30.0 Å². The third-order valence-corrected chi connectivity index (χ3v) is 3.92. The molecule has 4 amide bonds. The van der Waals surface area contributed by atoms with Gasteiger partial charge in [0.05, 0.1) is 31.4 Å². The van der Waals surface area contributed by atoms with Crippen molar-refractivity contribution in [2.24, 2.45) is 10.2 Å². The molecule has 0 heterocycles. The fourth-order valence-electron chi connectivity index (χ4n) is 2.03. The molecule has 0 aliphatic heterocycles. The molecule has 0 fully saturated rings. The highest BCUT2D eigenvalue weighted by molar-refractivity contribution is 6.06. The van der Waals surface area contributed by atoms with Crippen LogP contribution in [0.5, 0.6) is 0 Å². The fourth-order valence-corrected chi connectivity index (χ4v) is 2.03. The fraction of sp³-hybridized carbons (Fsp3) is 0.632. The standard InChI is InChI=1S/C19H29N9O7/c1-13(6-5-7-22-17(29)11-33-8-9-34-15(3)26-28-21)18(30)25-19(31)23-10-16(14(2)32-4)35-12-24-27-20/h14-16H,1,7-12H2,2-4H3,(H,22,29)(H2,23,25,30,31). The van der Waals surface area contributed by atoms with Crippen molar-refractivity contribution in [3.63, 3.8) is 0 Å². The number of methoxy groups -OCH3 is 1. The summed E-state index contributed by atoms with van der Waals surface area (Å²) in [5, 5.41) is 13.5. The quantitative estimate of drug-likeness (QED) is 0.0698. The molecule has 16 heteroatoms. The molecule has 0 aromatic carbocycles. The first-order chi connectivity index (χ1) is 16.7. The Hall–Kier alpha value is -3.83. The number of imide groups is 1. The summed E-state index contributed by atoms with van der Waals surface area (Å²) in [4.78, 5) is 40.7. The molecule has 0 radical (unpaired) electrons. The molecule has 0 spiro atoms. The first kappa shape index (κ1) is 31.2. The average Bonchev–Trinajstić information content (AvgIpc) is 2.83. The van der Waals surface area contributed by atoms with Crippen molar-refractivity contribution in [1.82, 2.24) is 16.0 Å². The van der Waals surface area contributed by atoms with Gasteiger partial charge >= 0.3 is 6.03 Å². The van der Waals surface area contributed by atoms with E-state index in [9.17, 15) is 14.4 Å². The van der Waals surface area contributed by atoms with Crippen LogP contribution in [0.3, 0.4) is 0 Å². The number of hydrogen-bond donors (Lipinski definition) is 3. The highest BCUT2D eigenvalue weighted by atomic mass is 16.5. The lowest BCUT2D eigenvalue weighted by molar-refractivity contribution is -0.126. The predicted octanol–water partition coefficient (Wildman–Crippen LogP) is 0.865. The Labute approximate surface area is 201 Å². The molecule has 0 saturated heterocycles. The summed E-state index contributed by atoms with van der Waals surface area (Å²) >= 11 is 0. The third kappa shape index (κ3) is 16.4. The number of carbonyl (C=O) groups excluding carboxylic acids is 3. The van der Waals surface area contributed by atoms with Crippen LogP contribution in [0.4, 0.5) is 4.79 Å². The van der Waals surface area contributed by atoms with E-state index in [1.165, 1.54) is 7.11 Å². The maximum Gasteiger partial charge on any atom is 0.321 e. The van der Waals surface area contributed by atoms with Crippen LogP contribution >= 0.6 is 0 Å². The van der Waals surface area contributed by atoms with E-state index in [1.807, 2.05) is 5.32 Å². The first-order valence-electron chi connectivity index (χ1n) is 10.2. The van der Waals surface area contributed by atoms with E-state index in [1.54, 1.807) is 13.8 Å². The largest absolute Gasteiger partial charge is 0.379 e. The second-order valence-electron chi connectivity index (χ2n) is 6.45. The number of carbonyl (C=O) groups is 3. The van der Waals surface area contributed by atoms with E-state index in [-0.39, 0.29) is 45.2 Å². The molecule has 0 bridgehead atoms. The molecule has 0 aromatic rings. The minimum atomic E-state index is -0.828.